The molecule has 3 atom stereocenters. The number of nitrogen functional groups attached to an aromatic ring is 1. The largest absolute Gasteiger partial charge is 0.394 e. The van der Waals surface area contributed by atoms with Crippen molar-refractivity contribution in [2.24, 2.45) is 0 Å². The Bertz CT molecular complexity index is 578. The van der Waals surface area contributed by atoms with Crippen LogP contribution >= 0.6 is 22.6 Å². The molecule has 104 valence electrons. The molecule has 0 aliphatic carbocycles. The average Bonchev–Trinajstić information content (AvgIpc) is 2.70. The van der Waals surface area contributed by atoms with Gasteiger partial charge >= 0.3 is 5.69 Å². The third-order valence-corrected chi connectivity index (χ3v) is 3.56. The van der Waals surface area contributed by atoms with Crippen LogP contribution in [0.1, 0.15) is 6.23 Å². The van der Waals surface area contributed by atoms with E-state index in [1.807, 2.05) is 22.6 Å². The number of hydrogen-bond donors (Lipinski definition) is 2. The Kier molecular flexibility index (Phi) is 4.16. The van der Waals surface area contributed by atoms with Crippen molar-refractivity contribution in [1.29, 1.82) is 0 Å². The first-order valence-electron chi connectivity index (χ1n) is 5.24. The van der Waals surface area contributed by atoms with E-state index in [2.05, 4.69) is 4.98 Å². The second kappa shape index (κ2) is 5.51. The number of aromatic nitrogens is 2. The molecular formula is C10H10F2IN3O3. The van der Waals surface area contributed by atoms with Gasteiger partial charge in [-0.25, -0.2) is 13.6 Å². The maximum Gasteiger partial charge on any atom is 0.351 e. The molecule has 1 aromatic heterocycles. The summed E-state index contributed by atoms with van der Waals surface area (Å²) in [7, 11) is 0. The highest BCUT2D eigenvalue weighted by Gasteiger charge is 2.41. The van der Waals surface area contributed by atoms with E-state index in [0.717, 1.165) is 4.57 Å². The number of hydrogen-bond acceptors (Lipinski definition) is 5. The monoisotopic (exact) mass is 385 g/mol. The topological polar surface area (TPSA) is 90.4 Å². The van der Waals surface area contributed by atoms with Gasteiger partial charge in [-0.3, -0.25) is 4.57 Å². The molecular weight excluding hydrogens is 375 g/mol. The number of aliphatic hydroxyl groups excluding tert-OH is 1. The van der Waals surface area contributed by atoms with Crippen LogP contribution in [0.4, 0.5) is 14.6 Å². The number of nitrogens with zero attached hydrogens (tertiary/aromatic N) is 2. The Morgan fingerprint density at radius 2 is 2.37 bits per heavy atom. The molecule has 19 heavy (non-hydrogen) atoms. The fraction of sp³-hybridized carbons (Fsp3) is 0.400. The molecule has 1 saturated heterocycles. The molecule has 1 aromatic rings. The molecule has 6 nitrogen and oxygen atoms in total. The third kappa shape index (κ3) is 2.49. The Balaban J connectivity index is 2.47. The lowest BCUT2D eigenvalue weighted by Crippen LogP contribution is -2.29. The van der Waals surface area contributed by atoms with Gasteiger partial charge in [-0.15, -0.1) is 0 Å². The second-order valence-corrected chi connectivity index (χ2v) is 5.05. The first-order valence-corrected chi connectivity index (χ1v) is 6.32. The van der Waals surface area contributed by atoms with Gasteiger partial charge in [0.1, 0.15) is 11.9 Å². The van der Waals surface area contributed by atoms with Crippen LogP contribution in [0.5, 0.6) is 0 Å². The van der Waals surface area contributed by atoms with Crippen LogP contribution in [0.3, 0.4) is 0 Å². The smallest absolute Gasteiger partial charge is 0.351 e. The number of alkyl halides is 1. The molecule has 3 N–H and O–H groups in total. The van der Waals surface area contributed by atoms with E-state index >= 15 is 0 Å². The van der Waals surface area contributed by atoms with E-state index in [9.17, 15) is 13.6 Å². The molecule has 9 heteroatoms. The zero-order valence-corrected chi connectivity index (χ0v) is 11.6. The minimum atomic E-state index is -1.82. The first-order chi connectivity index (χ1) is 8.99. The Labute approximate surface area is 120 Å². The number of rotatable bonds is 2. The first kappa shape index (κ1) is 14.3. The fourth-order valence-electron chi connectivity index (χ4n) is 1.77. The second-order valence-electron chi connectivity index (χ2n) is 3.88. The fourth-order valence-corrected chi connectivity index (χ4v) is 2.19. The van der Waals surface area contributed by atoms with Crippen LogP contribution in [0.2, 0.25) is 0 Å². The van der Waals surface area contributed by atoms with Gasteiger partial charge < -0.3 is 15.6 Å². The van der Waals surface area contributed by atoms with Crippen molar-refractivity contribution in [2.75, 3.05) is 12.3 Å². The van der Waals surface area contributed by atoms with Gasteiger partial charge in [-0.05, 0) is 22.6 Å². The Morgan fingerprint density at radius 3 is 2.95 bits per heavy atom. The summed E-state index contributed by atoms with van der Waals surface area (Å²) in [5, 5.41) is 8.94. The maximum atomic E-state index is 13.7. The predicted molar refractivity (Wildman–Crippen MR) is 70.7 cm³/mol. The van der Waals surface area contributed by atoms with Crippen molar-refractivity contribution in [3.63, 3.8) is 0 Å². The highest BCUT2D eigenvalue weighted by atomic mass is 127. The van der Waals surface area contributed by atoms with Crippen LogP contribution in [0, 0.1) is 3.57 Å². The molecule has 1 aliphatic rings. The third-order valence-electron chi connectivity index (χ3n) is 2.73. The van der Waals surface area contributed by atoms with E-state index in [4.69, 9.17) is 15.6 Å². The summed E-state index contributed by atoms with van der Waals surface area (Å²) < 4.78 is 33.0. The standard InChI is InChI=1S/C10H10F2IN3O3/c11-1-4-7(12)6(3-17)19-9(4)16-2-5(13)8(14)15-10(16)18/h1-2,6-7,9,17H,3H2,(H2,14,15,18). The Morgan fingerprint density at radius 1 is 1.68 bits per heavy atom. The van der Waals surface area contributed by atoms with Crippen LogP contribution in [0.15, 0.2) is 22.9 Å². The zero-order valence-electron chi connectivity index (χ0n) is 9.46. The molecule has 0 amide bonds. The van der Waals surface area contributed by atoms with Gasteiger partial charge in [0.15, 0.2) is 12.4 Å². The summed E-state index contributed by atoms with van der Waals surface area (Å²) in [6.45, 7) is -0.622. The van der Waals surface area contributed by atoms with Crippen LogP contribution in [-0.4, -0.2) is 33.5 Å². The van der Waals surface area contributed by atoms with Gasteiger partial charge in [-0.2, -0.15) is 4.98 Å². The summed E-state index contributed by atoms with van der Waals surface area (Å²) >= 11 is 1.83. The van der Waals surface area contributed by atoms with Gasteiger partial charge in [0.25, 0.3) is 0 Å². The molecule has 0 aromatic carbocycles. The SMILES string of the molecule is Nc1nc(=O)n(C2OC(CO)C(F)C2=CF)cc1I. The molecule has 3 unspecified atom stereocenters. The van der Waals surface area contributed by atoms with E-state index < -0.39 is 30.8 Å². The van der Waals surface area contributed by atoms with Gasteiger partial charge in [0.05, 0.1) is 16.5 Å². The lowest BCUT2D eigenvalue weighted by atomic mass is 10.1. The van der Waals surface area contributed by atoms with Crippen LogP contribution in [0.25, 0.3) is 0 Å². The van der Waals surface area contributed by atoms with Gasteiger partial charge in [-0.1, -0.05) is 0 Å². The molecule has 0 bridgehead atoms. The Hall–Kier alpha value is -1.07. The number of aliphatic hydroxyl groups is 1. The number of nitrogens with two attached hydrogens (primary N) is 1. The molecule has 2 heterocycles. The van der Waals surface area contributed by atoms with Crippen molar-refractivity contribution in [2.45, 2.75) is 18.5 Å². The van der Waals surface area contributed by atoms with E-state index in [0.29, 0.717) is 3.57 Å². The highest BCUT2D eigenvalue weighted by Crippen LogP contribution is 2.35. The number of anilines is 1. The van der Waals surface area contributed by atoms with E-state index in [1.54, 1.807) is 0 Å². The summed E-state index contributed by atoms with van der Waals surface area (Å²) in [5.74, 6) is 0.0288. The van der Waals surface area contributed by atoms with Crippen molar-refractivity contribution in [3.8, 4) is 0 Å². The summed E-state index contributed by atoms with van der Waals surface area (Å²) in [5.41, 5.74) is 4.30. The van der Waals surface area contributed by atoms with Crippen molar-refractivity contribution in [3.05, 3.63) is 32.2 Å². The predicted octanol–water partition coefficient (Wildman–Crippen LogP) is 0.511. The highest BCUT2D eigenvalue weighted by molar-refractivity contribution is 14.1. The lowest BCUT2D eigenvalue weighted by Gasteiger charge is -2.15. The molecule has 1 fully saturated rings. The average molecular weight is 385 g/mol. The van der Waals surface area contributed by atoms with Crippen LogP contribution < -0.4 is 11.4 Å². The summed E-state index contributed by atoms with van der Waals surface area (Å²) in [6, 6.07) is 0. The molecule has 1 aliphatic heterocycles. The maximum absolute atomic E-state index is 13.7. The van der Waals surface area contributed by atoms with Gasteiger partial charge in [0, 0.05) is 11.8 Å². The normalized spacial score (nSPS) is 29.1. The van der Waals surface area contributed by atoms with Gasteiger partial charge in [0.2, 0.25) is 0 Å². The number of ether oxygens (including phenoxy) is 1. The minimum absolute atomic E-state index is 0.0288. The number of halogens is 3. The molecule has 0 saturated carbocycles. The zero-order chi connectivity index (χ0) is 14.2. The summed E-state index contributed by atoms with van der Waals surface area (Å²) in [4.78, 5) is 15.2. The van der Waals surface area contributed by atoms with Crippen molar-refractivity contribution < 1.29 is 18.6 Å². The van der Waals surface area contributed by atoms with Crippen LogP contribution in [-0.2, 0) is 4.74 Å². The molecule has 0 radical (unpaired) electrons. The van der Waals surface area contributed by atoms with E-state index in [-0.39, 0.29) is 17.7 Å². The quantitative estimate of drug-likeness (QED) is 0.725. The molecule has 0 spiro atoms. The van der Waals surface area contributed by atoms with Crippen molar-refractivity contribution >= 4 is 28.4 Å². The van der Waals surface area contributed by atoms with Crippen molar-refractivity contribution in [1.82, 2.24) is 9.55 Å². The van der Waals surface area contributed by atoms with E-state index in [1.165, 1.54) is 6.20 Å². The molecule has 2 rings (SSSR count). The summed E-state index contributed by atoms with van der Waals surface area (Å²) in [6.07, 6.45) is -2.96. The minimum Gasteiger partial charge on any atom is -0.394 e. The lowest BCUT2D eigenvalue weighted by molar-refractivity contribution is -0.0322.